The number of aromatic nitrogens is 3. The van der Waals surface area contributed by atoms with E-state index in [0.717, 1.165) is 62.1 Å². The Bertz CT molecular complexity index is 1170. The van der Waals surface area contributed by atoms with Gasteiger partial charge in [-0.15, -0.1) is 0 Å². The largest absolute Gasteiger partial charge is 0.387 e. The van der Waals surface area contributed by atoms with E-state index in [1.165, 1.54) is 16.9 Å². The van der Waals surface area contributed by atoms with Gasteiger partial charge in [0.2, 0.25) is 0 Å². The predicted molar refractivity (Wildman–Crippen MR) is 158 cm³/mol. The number of hydrogen-bond acceptors (Lipinski definition) is 10. The van der Waals surface area contributed by atoms with Crippen LogP contribution in [0.2, 0.25) is 5.02 Å². The Morgan fingerprint density at radius 3 is 2.47 bits per heavy atom. The first-order valence-electron chi connectivity index (χ1n) is 12.7. The van der Waals surface area contributed by atoms with Crippen molar-refractivity contribution < 1.29 is 9.53 Å². The highest BCUT2D eigenvalue weighted by Gasteiger charge is 2.20. The summed E-state index contributed by atoms with van der Waals surface area (Å²) in [6.07, 6.45) is 2.35. The van der Waals surface area contributed by atoms with Gasteiger partial charge in [-0.2, -0.15) is 0 Å². The van der Waals surface area contributed by atoms with E-state index in [2.05, 4.69) is 56.2 Å². The lowest BCUT2D eigenvalue weighted by atomic mass is 10.2. The molecule has 0 atom stereocenters. The molecule has 3 aromatic rings. The molecule has 11 heteroatoms. The van der Waals surface area contributed by atoms with Crippen molar-refractivity contribution in [3.63, 3.8) is 0 Å². The molecule has 1 aliphatic rings. The van der Waals surface area contributed by atoms with Gasteiger partial charge in [0.25, 0.3) is 0 Å². The molecule has 206 valence electrons. The Balaban J connectivity index is 0.000000336. The van der Waals surface area contributed by atoms with E-state index in [1.54, 1.807) is 6.20 Å². The number of piperazine rings is 1. The number of nitrogens with one attached hydrogen (secondary N) is 2. The lowest BCUT2D eigenvalue weighted by molar-refractivity contribution is -0.0135. The Labute approximate surface area is 234 Å². The van der Waals surface area contributed by atoms with Crippen molar-refractivity contribution in [2.24, 2.45) is 0 Å². The Morgan fingerprint density at radius 2 is 1.89 bits per heavy atom. The van der Waals surface area contributed by atoms with Gasteiger partial charge in [-0.3, -0.25) is 9.69 Å². The number of benzene rings is 1. The zero-order valence-corrected chi connectivity index (χ0v) is 24.6. The maximum atomic E-state index is 10.8. The molecule has 0 spiro atoms. The van der Waals surface area contributed by atoms with E-state index >= 15 is 0 Å². The molecule has 0 unspecified atom stereocenters. The number of carbonyl (C=O) groups is 1. The molecule has 0 bridgehead atoms. The molecule has 0 amide bonds. The van der Waals surface area contributed by atoms with Gasteiger partial charge in [-0.25, -0.2) is 15.0 Å². The van der Waals surface area contributed by atoms with Crippen LogP contribution in [0.4, 0.5) is 22.5 Å². The number of halogens is 1. The minimum atomic E-state index is -0.0897. The highest BCUT2D eigenvalue weighted by Crippen LogP contribution is 2.25. The summed E-state index contributed by atoms with van der Waals surface area (Å²) in [7, 11) is 1.87. The number of para-hydroxylation sites is 1. The first-order chi connectivity index (χ1) is 18.1. The normalized spacial score (nSPS) is 14.0. The lowest BCUT2D eigenvalue weighted by Crippen LogP contribution is -2.48. The molecule has 0 saturated carbocycles. The minimum Gasteiger partial charge on any atom is -0.387 e. The van der Waals surface area contributed by atoms with E-state index in [9.17, 15) is 4.79 Å². The van der Waals surface area contributed by atoms with Gasteiger partial charge >= 0.3 is 0 Å². The minimum absolute atomic E-state index is 0.0897. The average Bonchev–Trinajstić information content (AvgIpc) is 3.31. The molecule has 1 aliphatic heterocycles. The summed E-state index contributed by atoms with van der Waals surface area (Å²) in [6.45, 7) is 15.6. The summed E-state index contributed by atoms with van der Waals surface area (Å²) in [5, 5.41) is 7.63. The molecule has 3 heterocycles. The van der Waals surface area contributed by atoms with Crippen molar-refractivity contribution in [2.75, 3.05) is 61.9 Å². The summed E-state index contributed by atoms with van der Waals surface area (Å²) in [4.78, 5) is 29.3. The summed E-state index contributed by atoms with van der Waals surface area (Å²) < 4.78 is 5.83. The van der Waals surface area contributed by atoms with Gasteiger partial charge in [0.15, 0.2) is 11.4 Å². The van der Waals surface area contributed by atoms with Crippen molar-refractivity contribution in [1.82, 2.24) is 19.9 Å². The Morgan fingerprint density at radius 1 is 1.16 bits per heavy atom. The highest BCUT2D eigenvalue weighted by molar-refractivity contribution is 7.17. The van der Waals surface area contributed by atoms with Crippen molar-refractivity contribution in [3.05, 3.63) is 51.7 Å². The number of rotatable bonds is 8. The number of aldehydes is 1. The Kier molecular flexibility index (Phi) is 10.8. The van der Waals surface area contributed by atoms with E-state index in [0.29, 0.717) is 21.7 Å². The summed E-state index contributed by atoms with van der Waals surface area (Å²) in [5.41, 5.74) is 2.10. The van der Waals surface area contributed by atoms with E-state index in [4.69, 9.17) is 16.3 Å². The smallest absolute Gasteiger partial charge is 0.188 e. The summed E-state index contributed by atoms with van der Waals surface area (Å²) in [6, 6.07) is 7.78. The molecule has 2 aromatic heterocycles. The van der Waals surface area contributed by atoms with E-state index < -0.39 is 0 Å². The van der Waals surface area contributed by atoms with Gasteiger partial charge in [-0.1, -0.05) is 35.1 Å². The molecule has 1 saturated heterocycles. The summed E-state index contributed by atoms with van der Waals surface area (Å²) in [5.74, 6) is 2.30. The quantitative estimate of drug-likeness (QED) is 0.350. The van der Waals surface area contributed by atoms with Crippen LogP contribution in [0.15, 0.2) is 30.5 Å². The summed E-state index contributed by atoms with van der Waals surface area (Å²) >= 11 is 7.17. The molecular weight excluding hydrogens is 522 g/mol. The first-order valence-corrected chi connectivity index (χ1v) is 13.8. The molecular formula is C27H38ClN7O2S. The topological polar surface area (TPSA) is 95.5 Å². The second-order valence-electron chi connectivity index (χ2n) is 9.94. The fourth-order valence-electron chi connectivity index (χ4n) is 3.92. The highest BCUT2D eigenvalue weighted by atomic mass is 35.5. The number of aryl methyl sites for hydroxylation is 2. The SMILES string of the molecule is CNc1c(C)cccc1Cl.Cc1nc(Nc2ncc(C=O)s2)cc(N2CCN(CCOC(C)(C)C)CC2)n1. The van der Waals surface area contributed by atoms with E-state index in [-0.39, 0.29) is 5.60 Å². The number of thiazole rings is 1. The monoisotopic (exact) mass is 559 g/mol. The van der Waals surface area contributed by atoms with Crippen LogP contribution in [0.3, 0.4) is 0 Å². The number of anilines is 4. The van der Waals surface area contributed by atoms with Gasteiger partial charge < -0.3 is 20.3 Å². The zero-order valence-electron chi connectivity index (χ0n) is 23.0. The second-order valence-corrected chi connectivity index (χ2v) is 11.4. The van der Waals surface area contributed by atoms with Crippen LogP contribution in [-0.4, -0.2) is 78.1 Å². The molecule has 1 aromatic carbocycles. The van der Waals surface area contributed by atoms with Gasteiger partial charge in [0.05, 0.1) is 34.0 Å². The molecule has 2 N–H and O–H groups in total. The predicted octanol–water partition coefficient (Wildman–Crippen LogP) is 5.42. The van der Waals surface area contributed by atoms with Crippen LogP contribution < -0.4 is 15.5 Å². The number of ether oxygens (including phenoxy) is 1. The van der Waals surface area contributed by atoms with Crippen LogP contribution in [0.1, 0.15) is 41.8 Å². The molecule has 0 aliphatic carbocycles. The third kappa shape index (κ3) is 9.20. The molecule has 1 fully saturated rings. The fraction of sp³-hybridized carbons (Fsp3) is 0.481. The number of nitrogens with zero attached hydrogens (tertiary/aromatic N) is 5. The maximum Gasteiger partial charge on any atom is 0.188 e. The molecule has 9 nitrogen and oxygen atoms in total. The maximum absolute atomic E-state index is 10.8. The van der Waals surface area contributed by atoms with Crippen LogP contribution >= 0.6 is 22.9 Å². The first kappa shape index (κ1) is 29.8. The van der Waals surface area contributed by atoms with Gasteiger partial charge in [0.1, 0.15) is 17.5 Å². The van der Waals surface area contributed by atoms with Crippen LogP contribution in [0, 0.1) is 13.8 Å². The lowest BCUT2D eigenvalue weighted by Gasteiger charge is -2.36. The van der Waals surface area contributed by atoms with Crippen LogP contribution in [0.25, 0.3) is 0 Å². The van der Waals surface area contributed by atoms with Gasteiger partial charge in [0, 0.05) is 45.8 Å². The molecule has 0 radical (unpaired) electrons. The molecule has 4 rings (SSSR count). The second kappa shape index (κ2) is 13.8. The average molecular weight is 560 g/mol. The van der Waals surface area contributed by atoms with Gasteiger partial charge in [-0.05, 0) is 46.2 Å². The molecule has 38 heavy (non-hydrogen) atoms. The Hall–Kier alpha value is -2.79. The van der Waals surface area contributed by atoms with Crippen LogP contribution in [-0.2, 0) is 4.74 Å². The van der Waals surface area contributed by atoms with Crippen molar-refractivity contribution >= 4 is 51.7 Å². The standard InChI is InChI=1S/C19H28N6O2S.C8H10ClN/c1-14-21-16(23-18-20-12-15(13-26)28-18)11-17(22-14)25-7-5-24(6-8-25)9-10-27-19(2,3)4;1-6-4-3-5-7(9)8(6)10-2/h11-13H,5-10H2,1-4H3,(H,20,21,22,23);3-5,10H,1-2H3. The third-order valence-corrected chi connectivity index (χ3v) is 6.96. The third-order valence-electron chi connectivity index (χ3n) is 5.81. The van der Waals surface area contributed by atoms with Crippen molar-refractivity contribution in [3.8, 4) is 0 Å². The number of carbonyl (C=O) groups excluding carboxylic acids is 1. The number of hydrogen-bond donors (Lipinski definition) is 2. The van der Waals surface area contributed by atoms with Crippen molar-refractivity contribution in [1.29, 1.82) is 0 Å². The van der Waals surface area contributed by atoms with Crippen LogP contribution in [0.5, 0.6) is 0 Å². The van der Waals surface area contributed by atoms with E-state index in [1.807, 2.05) is 45.2 Å². The van der Waals surface area contributed by atoms with Crippen molar-refractivity contribution in [2.45, 2.75) is 40.2 Å². The zero-order chi connectivity index (χ0) is 27.7. The fourth-order valence-corrected chi connectivity index (χ4v) is 4.87.